The summed E-state index contributed by atoms with van der Waals surface area (Å²) in [6, 6.07) is 15.6. The van der Waals surface area contributed by atoms with Gasteiger partial charge in [0.25, 0.3) is 15.7 Å². The van der Waals surface area contributed by atoms with Gasteiger partial charge in [-0.1, -0.05) is 24.3 Å². The standard InChI is InChI=1S/C20H17N3O5S/c1-28-19-11-10-18(23(24)25)14-20(19)29(26,27)22-17-7-4-5-15(13-17)8-9-16-6-2-3-12-21-16/h2-14,22H,1H3/b9-8+. The van der Waals surface area contributed by atoms with E-state index in [0.717, 1.165) is 17.3 Å². The molecule has 0 radical (unpaired) electrons. The average molecular weight is 411 g/mol. The normalized spacial score (nSPS) is 11.3. The van der Waals surface area contributed by atoms with Crippen LogP contribution in [0.1, 0.15) is 11.3 Å². The molecule has 0 fully saturated rings. The second-order valence-electron chi connectivity index (χ2n) is 5.91. The first-order valence-electron chi connectivity index (χ1n) is 8.43. The van der Waals surface area contributed by atoms with Crippen LogP contribution in [0.4, 0.5) is 11.4 Å². The summed E-state index contributed by atoms with van der Waals surface area (Å²) in [6.07, 6.45) is 5.28. The molecular formula is C20H17N3O5S. The number of nitro groups is 1. The number of benzene rings is 2. The van der Waals surface area contributed by atoms with Gasteiger partial charge in [-0.3, -0.25) is 19.8 Å². The average Bonchev–Trinajstić information content (AvgIpc) is 2.72. The Hall–Kier alpha value is -3.72. The zero-order chi connectivity index (χ0) is 20.9. The molecule has 0 amide bonds. The molecule has 0 spiro atoms. The van der Waals surface area contributed by atoms with Crippen LogP contribution in [0, 0.1) is 10.1 Å². The smallest absolute Gasteiger partial charge is 0.271 e. The molecule has 0 unspecified atom stereocenters. The van der Waals surface area contributed by atoms with Crippen LogP contribution in [-0.4, -0.2) is 25.4 Å². The Morgan fingerprint density at radius 1 is 1.07 bits per heavy atom. The fraction of sp³-hybridized carbons (Fsp3) is 0.0500. The number of nitro benzene ring substituents is 1. The number of non-ortho nitro benzene ring substituents is 1. The van der Waals surface area contributed by atoms with Crippen LogP contribution in [0.15, 0.2) is 71.8 Å². The Kier molecular flexibility index (Phi) is 5.89. The molecule has 0 aliphatic rings. The molecule has 0 aliphatic carbocycles. The zero-order valence-electron chi connectivity index (χ0n) is 15.3. The third-order valence-electron chi connectivity index (χ3n) is 3.92. The van der Waals surface area contributed by atoms with Gasteiger partial charge >= 0.3 is 0 Å². The highest BCUT2D eigenvalue weighted by Gasteiger charge is 2.23. The van der Waals surface area contributed by atoms with Gasteiger partial charge < -0.3 is 4.74 Å². The summed E-state index contributed by atoms with van der Waals surface area (Å²) in [6.45, 7) is 0. The van der Waals surface area contributed by atoms with Gasteiger partial charge in [0.2, 0.25) is 0 Å². The molecule has 2 aromatic carbocycles. The van der Waals surface area contributed by atoms with Crippen molar-refractivity contribution in [2.24, 2.45) is 0 Å². The van der Waals surface area contributed by atoms with Crippen LogP contribution in [0.3, 0.4) is 0 Å². The molecule has 3 rings (SSSR count). The second kappa shape index (κ2) is 8.53. The van der Waals surface area contributed by atoms with E-state index in [2.05, 4.69) is 9.71 Å². The number of ether oxygens (including phenoxy) is 1. The van der Waals surface area contributed by atoms with Crippen molar-refractivity contribution in [3.05, 3.63) is 88.2 Å². The van der Waals surface area contributed by atoms with E-state index in [4.69, 9.17) is 4.74 Å². The van der Waals surface area contributed by atoms with Crippen LogP contribution in [0.5, 0.6) is 5.75 Å². The molecule has 29 heavy (non-hydrogen) atoms. The Bertz CT molecular complexity index is 1160. The quantitative estimate of drug-likeness (QED) is 0.465. The molecular weight excluding hydrogens is 394 g/mol. The van der Waals surface area contributed by atoms with Crippen molar-refractivity contribution in [2.45, 2.75) is 4.90 Å². The Morgan fingerprint density at radius 2 is 1.90 bits per heavy atom. The largest absolute Gasteiger partial charge is 0.495 e. The lowest BCUT2D eigenvalue weighted by Gasteiger charge is -2.12. The SMILES string of the molecule is COc1ccc([N+](=O)[O-])cc1S(=O)(=O)Nc1cccc(/C=C/c2ccccn2)c1. The minimum absolute atomic E-state index is 0.00861. The maximum atomic E-state index is 12.8. The van der Waals surface area contributed by atoms with E-state index in [1.807, 2.05) is 24.3 Å². The molecule has 0 atom stereocenters. The first-order valence-corrected chi connectivity index (χ1v) is 9.92. The summed E-state index contributed by atoms with van der Waals surface area (Å²) in [5.41, 5.74) is 1.47. The molecule has 0 saturated carbocycles. The number of anilines is 1. The van der Waals surface area contributed by atoms with Gasteiger partial charge in [0.15, 0.2) is 0 Å². The summed E-state index contributed by atoms with van der Waals surface area (Å²) in [7, 11) is -2.82. The predicted molar refractivity (Wildman–Crippen MR) is 110 cm³/mol. The lowest BCUT2D eigenvalue weighted by Crippen LogP contribution is -2.14. The molecule has 148 valence electrons. The molecule has 0 aliphatic heterocycles. The van der Waals surface area contributed by atoms with Gasteiger partial charge in [-0.05, 0) is 42.0 Å². The van der Waals surface area contributed by atoms with E-state index in [1.54, 1.807) is 36.5 Å². The van der Waals surface area contributed by atoms with Crippen LogP contribution in [-0.2, 0) is 10.0 Å². The van der Waals surface area contributed by atoms with Gasteiger partial charge in [0.1, 0.15) is 10.6 Å². The third kappa shape index (κ3) is 4.96. The van der Waals surface area contributed by atoms with Crippen molar-refractivity contribution >= 4 is 33.6 Å². The highest BCUT2D eigenvalue weighted by molar-refractivity contribution is 7.92. The summed E-state index contributed by atoms with van der Waals surface area (Å²) < 4.78 is 33.1. The Balaban J connectivity index is 1.89. The predicted octanol–water partition coefficient (Wildman–Crippen LogP) is 3.97. The van der Waals surface area contributed by atoms with Crippen molar-refractivity contribution in [3.63, 3.8) is 0 Å². The zero-order valence-corrected chi connectivity index (χ0v) is 16.2. The molecule has 8 nitrogen and oxygen atoms in total. The number of nitrogens with one attached hydrogen (secondary N) is 1. The summed E-state index contributed by atoms with van der Waals surface area (Å²) >= 11 is 0. The highest BCUT2D eigenvalue weighted by Crippen LogP contribution is 2.30. The monoisotopic (exact) mass is 411 g/mol. The number of rotatable bonds is 7. The molecule has 0 saturated heterocycles. The van der Waals surface area contributed by atoms with Gasteiger partial charge in [0.05, 0.1) is 17.7 Å². The van der Waals surface area contributed by atoms with E-state index in [1.165, 1.54) is 19.2 Å². The minimum Gasteiger partial charge on any atom is -0.495 e. The first-order chi connectivity index (χ1) is 13.9. The minimum atomic E-state index is -4.11. The van der Waals surface area contributed by atoms with Crippen LogP contribution >= 0.6 is 0 Å². The van der Waals surface area contributed by atoms with Crippen LogP contribution in [0.2, 0.25) is 0 Å². The number of nitrogens with zero attached hydrogens (tertiary/aromatic N) is 2. The number of pyridine rings is 1. The van der Waals surface area contributed by atoms with Gasteiger partial charge in [0, 0.05) is 24.0 Å². The van der Waals surface area contributed by atoms with E-state index in [-0.39, 0.29) is 16.3 Å². The van der Waals surface area contributed by atoms with Gasteiger partial charge in [-0.2, -0.15) is 0 Å². The Morgan fingerprint density at radius 3 is 2.59 bits per heavy atom. The molecule has 1 N–H and O–H groups in total. The summed E-state index contributed by atoms with van der Waals surface area (Å²) in [5, 5.41) is 11.0. The van der Waals surface area contributed by atoms with Crippen molar-refractivity contribution in [1.29, 1.82) is 0 Å². The number of aromatic nitrogens is 1. The fourth-order valence-corrected chi connectivity index (χ4v) is 3.80. The number of sulfonamides is 1. The molecule has 0 bridgehead atoms. The third-order valence-corrected chi connectivity index (χ3v) is 5.32. The maximum absolute atomic E-state index is 12.8. The highest BCUT2D eigenvalue weighted by atomic mass is 32.2. The number of methoxy groups -OCH3 is 1. The summed E-state index contributed by atoms with van der Waals surface area (Å²) in [5.74, 6) is 0.00861. The fourth-order valence-electron chi connectivity index (χ4n) is 2.56. The van der Waals surface area contributed by atoms with E-state index in [0.29, 0.717) is 5.69 Å². The van der Waals surface area contributed by atoms with E-state index >= 15 is 0 Å². The van der Waals surface area contributed by atoms with Gasteiger partial charge in [-0.15, -0.1) is 0 Å². The lowest BCUT2D eigenvalue weighted by atomic mass is 10.2. The number of hydrogen-bond donors (Lipinski definition) is 1. The lowest BCUT2D eigenvalue weighted by molar-refractivity contribution is -0.385. The number of hydrogen-bond acceptors (Lipinski definition) is 6. The van der Waals surface area contributed by atoms with Crippen LogP contribution < -0.4 is 9.46 Å². The Labute approximate surface area is 167 Å². The topological polar surface area (TPSA) is 111 Å². The molecule has 1 heterocycles. The molecule has 1 aromatic heterocycles. The molecule has 9 heteroatoms. The van der Waals surface area contributed by atoms with Crippen molar-refractivity contribution in [2.75, 3.05) is 11.8 Å². The van der Waals surface area contributed by atoms with Crippen molar-refractivity contribution in [1.82, 2.24) is 4.98 Å². The van der Waals surface area contributed by atoms with E-state index in [9.17, 15) is 18.5 Å². The summed E-state index contributed by atoms with van der Waals surface area (Å²) in [4.78, 5) is 14.2. The van der Waals surface area contributed by atoms with E-state index < -0.39 is 14.9 Å². The van der Waals surface area contributed by atoms with Crippen LogP contribution in [0.25, 0.3) is 12.2 Å². The second-order valence-corrected chi connectivity index (χ2v) is 7.56. The van der Waals surface area contributed by atoms with Crippen molar-refractivity contribution in [3.8, 4) is 5.75 Å². The molecule has 3 aromatic rings. The maximum Gasteiger partial charge on any atom is 0.271 e. The van der Waals surface area contributed by atoms with Crippen molar-refractivity contribution < 1.29 is 18.1 Å². The van der Waals surface area contributed by atoms with Gasteiger partial charge in [-0.25, -0.2) is 8.42 Å². The first kappa shape index (κ1) is 20.0.